The van der Waals surface area contributed by atoms with E-state index in [2.05, 4.69) is 0 Å². The lowest BCUT2D eigenvalue weighted by Crippen LogP contribution is -2.35. The summed E-state index contributed by atoms with van der Waals surface area (Å²) in [6, 6.07) is 0. The third-order valence-electron chi connectivity index (χ3n) is 2.75. The molecule has 0 bridgehead atoms. The van der Waals surface area contributed by atoms with Crippen molar-refractivity contribution >= 4 is 17.5 Å². The highest BCUT2D eigenvalue weighted by Gasteiger charge is 2.50. The van der Waals surface area contributed by atoms with Gasteiger partial charge in [-0.2, -0.15) is 13.2 Å². The Balaban J connectivity index is 2.74. The zero-order chi connectivity index (χ0) is 12.5. The fourth-order valence-corrected chi connectivity index (χ4v) is 2.00. The van der Waals surface area contributed by atoms with Crippen LogP contribution in [0.1, 0.15) is 6.92 Å². The van der Waals surface area contributed by atoms with Gasteiger partial charge in [0.2, 0.25) is 5.91 Å². The van der Waals surface area contributed by atoms with E-state index in [1.165, 1.54) is 6.92 Å². The first-order valence-electron chi connectivity index (χ1n) is 4.87. The van der Waals surface area contributed by atoms with Crippen LogP contribution in [-0.4, -0.2) is 47.2 Å². The maximum Gasteiger partial charge on any atom is 0.393 e. The third kappa shape index (κ3) is 2.79. The molecule has 1 aliphatic rings. The maximum absolute atomic E-state index is 12.6. The molecular weight excluding hydrogens is 247 g/mol. The van der Waals surface area contributed by atoms with E-state index in [0.29, 0.717) is 0 Å². The molecule has 3 nitrogen and oxygen atoms in total. The Morgan fingerprint density at radius 3 is 2.44 bits per heavy atom. The van der Waals surface area contributed by atoms with Crippen molar-refractivity contribution in [3.8, 4) is 0 Å². The molecule has 0 saturated carbocycles. The summed E-state index contributed by atoms with van der Waals surface area (Å²) in [6.45, 7) is 0.338. The largest absolute Gasteiger partial charge is 0.396 e. The van der Waals surface area contributed by atoms with Gasteiger partial charge in [0.15, 0.2) is 0 Å². The van der Waals surface area contributed by atoms with Crippen LogP contribution in [0.2, 0.25) is 0 Å². The number of likely N-dealkylation sites (tertiary alicyclic amines) is 1. The van der Waals surface area contributed by atoms with Crippen LogP contribution in [0.5, 0.6) is 0 Å². The van der Waals surface area contributed by atoms with Crippen LogP contribution >= 0.6 is 11.6 Å². The van der Waals surface area contributed by atoms with Crippen molar-refractivity contribution in [3.63, 3.8) is 0 Å². The van der Waals surface area contributed by atoms with Crippen molar-refractivity contribution in [2.45, 2.75) is 18.5 Å². The van der Waals surface area contributed by atoms with E-state index in [9.17, 15) is 18.0 Å². The summed E-state index contributed by atoms with van der Waals surface area (Å²) in [5, 5.41) is 8.03. The average molecular weight is 260 g/mol. The van der Waals surface area contributed by atoms with Crippen LogP contribution in [0.4, 0.5) is 13.2 Å². The number of amides is 1. The summed E-state index contributed by atoms with van der Waals surface area (Å²) in [4.78, 5) is 12.5. The van der Waals surface area contributed by atoms with E-state index in [-0.39, 0.29) is 6.54 Å². The first-order valence-corrected chi connectivity index (χ1v) is 5.31. The molecule has 0 aromatic heterocycles. The monoisotopic (exact) mass is 259 g/mol. The average Bonchev–Trinajstić information content (AvgIpc) is 2.59. The van der Waals surface area contributed by atoms with Crippen molar-refractivity contribution in [3.05, 3.63) is 0 Å². The third-order valence-corrected chi connectivity index (χ3v) is 2.93. The number of alkyl halides is 4. The van der Waals surface area contributed by atoms with E-state index in [1.54, 1.807) is 0 Å². The molecule has 0 aliphatic carbocycles. The van der Waals surface area contributed by atoms with Crippen LogP contribution in [0.25, 0.3) is 0 Å². The molecule has 94 valence electrons. The van der Waals surface area contributed by atoms with Gasteiger partial charge in [-0.3, -0.25) is 4.79 Å². The van der Waals surface area contributed by atoms with Crippen LogP contribution in [-0.2, 0) is 4.79 Å². The maximum atomic E-state index is 12.6. The number of aliphatic hydroxyl groups excluding tert-OH is 1. The predicted molar refractivity (Wildman–Crippen MR) is 52.0 cm³/mol. The molecule has 1 fully saturated rings. The fraction of sp³-hybridized carbons (Fsp3) is 0.889. The number of rotatable bonds is 2. The van der Waals surface area contributed by atoms with Gasteiger partial charge >= 0.3 is 6.18 Å². The molecule has 0 radical (unpaired) electrons. The molecule has 3 atom stereocenters. The zero-order valence-corrected chi connectivity index (χ0v) is 9.42. The molecule has 0 unspecified atom stereocenters. The molecule has 1 rings (SSSR count). The van der Waals surface area contributed by atoms with Gasteiger partial charge in [-0.15, -0.1) is 11.6 Å². The highest BCUT2D eigenvalue weighted by molar-refractivity contribution is 6.30. The van der Waals surface area contributed by atoms with E-state index < -0.39 is 42.4 Å². The topological polar surface area (TPSA) is 40.5 Å². The van der Waals surface area contributed by atoms with Crippen molar-refractivity contribution in [1.82, 2.24) is 4.90 Å². The van der Waals surface area contributed by atoms with Crippen molar-refractivity contribution < 1.29 is 23.1 Å². The number of aliphatic hydroxyl groups is 1. The molecular formula is C9H13ClF3NO2. The number of hydrogen-bond donors (Lipinski definition) is 1. The fourth-order valence-electron chi connectivity index (χ4n) is 1.86. The number of halogens is 4. The predicted octanol–water partition coefficient (Wildman–Crippen LogP) is 1.24. The molecule has 1 saturated heterocycles. The smallest absolute Gasteiger partial charge is 0.393 e. The van der Waals surface area contributed by atoms with E-state index in [0.717, 1.165) is 4.90 Å². The van der Waals surface area contributed by atoms with Gasteiger partial charge < -0.3 is 10.0 Å². The van der Waals surface area contributed by atoms with Crippen molar-refractivity contribution in [2.24, 2.45) is 11.8 Å². The number of nitrogens with zero attached hydrogens (tertiary/aromatic N) is 1. The van der Waals surface area contributed by atoms with Gasteiger partial charge in [0.05, 0.1) is 5.92 Å². The summed E-state index contributed by atoms with van der Waals surface area (Å²) < 4.78 is 37.7. The summed E-state index contributed by atoms with van der Waals surface area (Å²) in [5.74, 6) is -3.12. The number of carbonyl (C=O) groups excluding carboxylic acids is 1. The Bertz CT molecular complexity index is 270. The van der Waals surface area contributed by atoms with Gasteiger partial charge in [0.25, 0.3) is 0 Å². The molecule has 1 aliphatic heterocycles. The second-order valence-electron chi connectivity index (χ2n) is 3.95. The lowest BCUT2D eigenvalue weighted by atomic mass is 9.97. The second-order valence-corrected chi connectivity index (χ2v) is 4.60. The molecule has 16 heavy (non-hydrogen) atoms. The summed E-state index contributed by atoms with van der Waals surface area (Å²) in [5.41, 5.74) is 0. The van der Waals surface area contributed by atoms with Gasteiger partial charge in [-0.25, -0.2) is 0 Å². The van der Waals surface area contributed by atoms with Crippen LogP contribution in [0.15, 0.2) is 0 Å². The molecule has 0 spiro atoms. The first-order chi connectivity index (χ1) is 7.27. The minimum atomic E-state index is -4.39. The van der Waals surface area contributed by atoms with Gasteiger partial charge in [-0.1, -0.05) is 0 Å². The van der Waals surface area contributed by atoms with Crippen LogP contribution < -0.4 is 0 Å². The van der Waals surface area contributed by atoms with Gasteiger partial charge in [-0.05, 0) is 6.92 Å². The standard InChI is InChI=1S/C9H13ClF3NO2/c1-5(10)8(16)14-2-6(4-15)7(3-14)9(11,12)13/h5-7,15H,2-4H2,1H3/t5-,6+,7+/m0/s1. The Morgan fingerprint density at radius 1 is 1.56 bits per heavy atom. The Hall–Kier alpha value is -0.490. The summed E-state index contributed by atoms with van der Waals surface area (Å²) in [7, 11) is 0. The van der Waals surface area contributed by atoms with E-state index in [4.69, 9.17) is 16.7 Å². The molecule has 1 amide bonds. The minimum absolute atomic E-state index is 0.0867. The molecule has 7 heteroatoms. The lowest BCUT2D eigenvalue weighted by Gasteiger charge is -2.19. The van der Waals surface area contributed by atoms with E-state index >= 15 is 0 Å². The van der Waals surface area contributed by atoms with Crippen molar-refractivity contribution in [2.75, 3.05) is 19.7 Å². The van der Waals surface area contributed by atoms with E-state index in [1.807, 2.05) is 0 Å². The Morgan fingerprint density at radius 2 is 2.12 bits per heavy atom. The zero-order valence-electron chi connectivity index (χ0n) is 8.67. The minimum Gasteiger partial charge on any atom is -0.396 e. The molecule has 1 N–H and O–H groups in total. The second kappa shape index (κ2) is 4.79. The van der Waals surface area contributed by atoms with Gasteiger partial charge in [0, 0.05) is 25.6 Å². The molecule has 0 aromatic rings. The Labute approximate surface area is 96.2 Å². The number of hydrogen-bond acceptors (Lipinski definition) is 2. The highest BCUT2D eigenvalue weighted by Crippen LogP contribution is 2.37. The normalized spacial score (nSPS) is 28.2. The van der Waals surface area contributed by atoms with Crippen LogP contribution in [0.3, 0.4) is 0 Å². The van der Waals surface area contributed by atoms with Crippen LogP contribution in [0, 0.1) is 11.8 Å². The highest BCUT2D eigenvalue weighted by atomic mass is 35.5. The lowest BCUT2D eigenvalue weighted by molar-refractivity contribution is -0.183. The molecule has 0 aromatic carbocycles. The SMILES string of the molecule is C[C@H](Cl)C(=O)N1C[C@H](CO)[C@H](C(F)(F)F)C1. The van der Waals surface area contributed by atoms with Gasteiger partial charge in [0.1, 0.15) is 5.38 Å². The molecule has 1 heterocycles. The van der Waals surface area contributed by atoms with Crippen molar-refractivity contribution in [1.29, 1.82) is 0 Å². The quantitative estimate of drug-likeness (QED) is 0.758. The summed E-state index contributed by atoms with van der Waals surface area (Å²) >= 11 is 5.53. The number of carbonyl (C=O) groups is 1. The first kappa shape index (κ1) is 13.6. The summed E-state index contributed by atoms with van der Waals surface area (Å²) in [6.07, 6.45) is -4.39. The Kier molecular flexibility index (Phi) is 4.07.